The van der Waals surface area contributed by atoms with Gasteiger partial charge in [0.1, 0.15) is 6.54 Å². The van der Waals surface area contributed by atoms with Crippen molar-refractivity contribution in [2.24, 2.45) is 12.0 Å². The molecule has 1 aromatic heterocycles. The van der Waals surface area contributed by atoms with Crippen LogP contribution >= 0.6 is 35.6 Å². The van der Waals surface area contributed by atoms with Crippen molar-refractivity contribution in [3.63, 3.8) is 0 Å². The first kappa shape index (κ1) is 22.5. The molecule has 6 nitrogen and oxygen atoms in total. The number of rotatable bonds is 5. The number of amides is 1. The SMILES string of the molecule is CCNC(=NCC(=O)N1CCc2ccccc21)N(C)Cc1cc(Cl)cn1C.I. The van der Waals surface area contributed by atoms with Gasteiger partial charge in [0.15, 0.2) is 5.96 Å². The quantitative estimate of drug-likeness (QED) is 0.378. The standard InChI is InChI=1S/C20H26ClN5O.HI/c1-4-22-20(25(3)14-17-11-16(21)13-24(17)2)23-12-19(27)26-10-9-15-7-5-6-8-18(15)26;/h5-8,11,13H,4,9-10,12,14H2,1-3H3,(H,22,23);1H. The molecule has 1 aliphatic heterocycles. The van der Waals surface area contributed by atoms with Crippen LogP contribution in [0.25, 0.3) is 0 Å². The van der Waals surface area contributed by atoms with Crippen molar-refractivity contribution in [3.05, 3.63) is 52.8 Å². The van der Waals surface area contributed by atoms with Crippen LogP contribution in [0.5, 0.6) is 0 Å². The summed E-state index contributed by atoms with van der Waals surface area (Å²) in [5.74, 6) is 0.723. The Morgan fingerprint density at radius 3 is 2.79 bits per heavy atom. The van der Waals surface area contributed by atoms with E-state index in [4.69, 9.17) is 11.6 Å². The monoisotopic (exact) mass is 515 g/mol. The van der Waals surface area contributed by atoms with Crippen LogP contribution in [0.2, 0.25) is 5.02 Å². The van der Waals surface area contributed by atoms with E-state index in [9.17, 15) is 4.79 Å². The number of carbonyl (C=O) groups excluding carboxylic acids is 1. The van der Waals surface area contributed by atoms with Crippen LogP contribution in [0.3, 0.4) is 0 Å². The average Bonchev–Trinajstić information content (AvgIpc) is 3.21. The molecule has 0 spiro atoms. The second-order valence-electron chi connectivity index (χ2n) is 6.71. The van der Waals surface area contributed by atoms with Gasteiger partial charge in [-0.3, -0.25) is 4.79 Å². The maximum absolute atomic E-state index is 12.7. The fourth-order valence-corrected chi connectivity index (χ4v) is 3.61. The number of fused-ring (bicyclic) bond motifs is 1. The topological polar surface area (TPSA) is 52.9 Å². The van der Waals surface area contributed by atoms with Crippen LogP contribution in [-0.2, 0) is 24.8 Å². The van der Waals surface area contributed by atoms with Crippen molar-refractivity contribution in [2.45, 2.75) is 19.9 Å². The highest BCUT2D eigenvalue weighted by molar-refractivity contribution is 14.0. The molecule has 0 atom stereocenters. The predicted molar refractivity (Wildman–Crippen MR) is 126 cm³/mol. The Bertz CT molecular complexity index is 851. The molecule has 0 radical (unpaired) electrons. The molecule has 0 saturated heterocycles. The lowest BCUT2D eigenvalue weighted by Gasteiger charge is -2.23. The number of nitrogens with zero attached hydrogens (tertiary/aromatic N) is 4. The molecule has 1 aromatic carbocycles. The maximum atomic E-state index is 12.7. The number of aryl methyl sites for hydroxylation is 1. The van der Waals surface area contributed by atoms with Gasteiger partial charge >= 0.3 is 0 Å². The summed E-state index contributed by atoms with van der Waals surface area (Å²) >= 11 is 6.07. The van der Waals surface area contributed by atoms with Gasteiger partial charge < -0.3 is 19.7 Å². The maximum Gasteiger partial charge on any atom is 0.248 e. The number of hydrogen-bond acceptors (Lipinski definition) is 2. The summed E-state index contributed by atoms with van der Waals surface area (Å²) in [4.78, 5) is 21.1. The summed E-state index contributed by atoms with van der Waals surface area (Å²) in [5.41, 5.74) is 3.31. The van der Waals surface area contributed by atoms with Crippen molar-refractivity contribution in [3.8, 4) is 0 Å². The second-order valence-corrected chi connectivity index (χ2v) is 7.15. The Morgan fingerprint density at radius 2 is 2.11 bits per heavy atom. The molecule has 28 heavy (non-hydrogen) atoms. The normalized spacial score (nSPS) is 13.1. The van der Waals surface area contributed by atoms with E-state index in [-0.39, 0.29) is 36.4 Å². The number of aromatic nitrogens is 1. The first-order valence-electron chi connectivity index (χ1n) is 9.18. The van der Waals surface area contributed by atoms with E-state index in [0.717, 1.165) is 30.9 Å². The molecular weight excluding hydrogens is 489 g/mol. The summed E-state index contributed by atoms with van der Waals surface area (Å²) in [7, 11) is 3.92. The summed E-state index contributed by atoms with van der Waals surface area (Å²) in [6, 6.07) is 10.00. The van der Waals surface area contributed by atoms with Crippen LogP contribution < -0.4 is 10.2 Å². The summed E-state index contributed by atoms with van der Waals surface area (Å²) in [6.07, 6.45) is 2.78. The number of anilines is 1. The molecule has 1 aliphatic rings. The average molecular weight is 516 g/mol. The summed E-state index contributed by atoms with van der Waals surface area (Å²) < 4.78 is 1.99. The van der Waals surface area contributed by atoms with Gasteiger partial charge in [0.25, 0.3) is 0 Å². The number of para-hydroxylation sites is 1. The molecule has 1 N–H and O–H groups in total. The van der Waals surface area contributed by atoms with E-state index in [2.05, 4.69) is 16.4 Å². The van der Waals surface area contributed by atoms with Crippen LogP contribution in [0.15, 0.2) is 41.5 Å². The molecule has 1 amide bonds. The number of guanidine groups is 1. The fraction of sp³-hybridized carbons (Fsp3) is 0.400. The fourth-order valence-electron chi connectivity index (χ4n) is 3.34. The minimum absolute atomic E-state index is 0. The summed E-state index contributed by atoms with van der Waals surface area (Å²) in [5, 5.41) is 3.97. The second kappa shape index (κ2) is 10.2. The third-order valence-corrected chi connectivity index (χ3v) is 4.93. The van der Waals surface area contributed by atoms with Gasteiger partial charge in [-0.2, -0.15) is 0 Å². The Labute approximate surface area is 188 Å². The number of halogens is 2. The van der Waals surface area contributed by atoms with Gasteiger partial charge in [-0.15, -0.1) is 24.0 Å². The number of benzene rings is 1. The largest absolute Gasteiger partial charge is 0.357 e. The Morgan fingerprint density at radius 1 is 1.36 bits per heavy atom. The number of aliphatic imine (C=N–C) groups is 1. The Balaban J connectivity index is 0.00000280. The first-order valence-corrected chi connectivity index (χ1v) is 9.56. The third kappa shape index (κ3) is 5.20. The van der Waals surface area contributed by atoms with E-state index < -0.39 is 0 Å². The zero-order valence-corrected chi connectivity index (χ0v) is 19.6. The summed E-state index contributed by atoms with van der Waals surface area (Å²) in [6.45, 7) is 4.24. The van der Waals surface area contributed by atoms with Crippen LogP contribution in [0, 0.1) is 0 Å². The van der Waals surface area contributed by atoms with E-state index in [0.29, 0.717) is 17.5 Å². The first-order chi connectivity index (χ1) is 13.0. The van der Waals surface area contributed by atoms with E-state index in [1.165, 1.54) is 5.56 Å². The van der Waals surface area contributed by atoms with Crippen molar-refractivity contribution < 1.29 is 4.79 Å². The van der Waals surface area contributed by atoms with E-state index in [1.807, 2.05) is 65.8 Å². The van der Waals surface area contributed by atoms with E-state index >= 15 is 0 Å². The molecule has 2 heterocycles. The molecule has 0 fully saturated rings. The molecule has 0 aliphatic carbocycles. The van der Waals surface area contributed by atoms with E-state index in [1.54, 1.807) is 0 Å². The van der Waals surface area contributed by atoms with Crippen molar-refractivity contribution in [2.75, 3.05) is 31.6 Å². The molecule has 0 bridgehead atoms. The number of hydrogen-bond donors (Lipinski definition) is 1. The van der Waals surface area contributed by atoms with Crippen LogP contribution in [-0.4, -0.2) is 48.0 Å². The molecule has 2 aromatic rings. The van der Waals surface area contributed by atoms with Gasteiger partial charge in [-0.05, 0) is 31.0 Å². The Hall–Kier alpha value is -1.74. The smallest absolute Gasteiger partial charge is 0.248 e. The lowest BCUT2D eigenvalue weighted by atomic mass is 10.2. The molecular formula is C20H27ClIN5O. The van der Waals surface area contributed by atoms with Gasteiger partial charge in [0, 0.05) is 44.8 Å². The van der Waals surface area contributed by atoms with Gasteiger partial charge in [0.2, 0.25) is 5.91 Å². The predicted octanol–water partition coefficient (Wildman–Crippen LogP) is 3.28. The van der Waals surface area contributed by atoms with Gasteiger partial charge in [-0.25, -0.2) is 4.99 Å². The minimum Gasteiger partial charge on any atom is -0.357 e. The lowest BCUT2D eigenvalue weighted by Crippen LogP contribution is -2.40. The van der Waals surface area contributed by atoms with Crippen molar-refractivity contribution in [1.29, 1.82) is 0 Å². The van der Waals surface area contributed by atoms with Crippen molar-refractivity contribution in [1.82, 2.24) is 14.8 Å². The zero-order valence-electron chi connectivity index (χ0n) is 16.5. The highest BCUT2D eigenvalue weighted by Gasteiger charge is 2.23. The molecule has 0 unspecified atom stereocenters. The van der Waals surface area contributed by atoms with Crippen LogP contribution in [0.1, 0.15) is 18.2 Å². The number of nitrogens with one attached hydrogen (secondary N) is 1. The highest BCUT2D eigenvalue weighted by atomic mass is 127. The Kier molecular flexibility index (Phi) is 8.18. The minimum atomic E-state index is 0. The molecule has 152 valence electrons. The van der Waals surface area contributed by atoms with Crippen molar-refractivity contribution >= 4 is 53.1 Å². The lowest BCUT2D eigenvalue weighted by molar-refractivity contribution is -0.117. The van der Waals surface area contributed by atoms with Gasteiger partial charge in [-0.1, -0.05) is 29.8 Å². The molecule has 0 saturated carbocycles. The zero-order chi connectivity index (χ0) is 19.4. The molecule has 8 heteroatoms. The van der Waals surface area contributed by atoms with Gasteiger partial charge in [0.05, 0.1) is 11.6 Å². The highest BCUT2D eigenvalue weighted by Crippen LogP contribution is 2.27. The third-order valence-electron chi connectivity index (χ3n) is 4.72. The van der Waals surface area contributed by atoms with Crippen LogP contribution in [0.4, 0.5) is 5.69 Å². The molecule has 3 rings (SSSR count). The number of carbonyl (C=O) groups is 1.